The molecule has 0 radical (unpaired) electrons. The number of rotatable bonds is 3. The molecule has 0 aromatic heterocycles. The molecule has 2 aliphatic heterocycles. The number of likely N-dealkylation sites (N-methyl/N-ethyl adjacent to an activating group) is 1. The summed E-state index contributed by atoms with van der Waals surface area (Å²) in [4.78, 5) is 27.0. The van der Waals surface area contributed by atoms with Crippen LogP contribution in [0.25, 0.3) is 0 Å². The van der Waals surface area contributed by atoms with Gasteiger partial charge in [0.15, 0.2) is 0 Å². The van der Waals surface area contributed by atoms with Crippen molar-refractivity contribution in [3.05, 3.63) is 35.4 Å². The van der Waals surface area contributed by atoms with Gasteiger partial charge in [-0.15, -0.1) is 0 Å². The van der Waals surface area contributed by atoms with Crippen molar-refractivity contribution in [3.63, 3.8) is 0 Å². The Hall–Kier alpha value is -2.04. The van der Waals surface area contributed by atoms with Crippen LogP contribution in [0, 0.1) is 0 Å². The summed E-state index contributed by atoms with van der Waals surface area (Å²) in [6.07, 6.45) is 1.52. The van der Waals surface area contributed by atoms with Crippen LogP contribution in [-0.4, -0.2) is 48.0 Å². The van der Waals surface area contributed by atoms with Crippen molar-refractivity contribution < 1.29 is 14.3 Å². The minimum Gasteiger partial charge on any atom is -0.444 e. The van der Waals surface area contributed by atoms with Gasteiger partial charge in [-0.05, 0) is 24.0 Å². The summed E-state index contributed by atoms with van der Waals surface area (Å²) in [7, 11) is 1.71. The lowest BCUT2D eigenvalue weighted by molar-refractivity contribution is -0.132. The first kappa shape index (κ1) is 13.9. The number of hydrogen-bond donors (Lipinski definition) is 0. The molecular formula is C16H20N2O3. The fourth-order valence-corrected chi connectivity index (χ4v) is 2.95. The number of fused-ring (bicyclic) bond motifs is 1. The van der Waals surface area contributed by atoms with E-state index in [-0.39, 0.29) is 18.1 Å². The second-order valence-electron chi connectivity index (χ2n) is 5.76. The number of amides is 2. The molecule has 1 unspecified atom stereocenters. The van der Waals surface area contributed by atoms with Gasteiger partial charge in [0, 0.05) is 26.6 Å². The van der Waals surface area contributed by atoms with E-state index in [1.54, 1.807) is 11.9 Å². The fourth-order valence-electron chi connectivity index (χ4n) is 2.95. The minimum atomic E-state index is -0.292. The van der Waals surface area contributed by atoms with Gasteiger partial charge in [-0.1, -0.05) is 24.3 Å². The highest BCUT2D eigenvalue weighted by Gasteiger charge is 2.29. The summed E-state index contributed by atoms with van der Waals surface area (Å²) in [5, 5.41) is 0. The molecule has 2 heterocycles. The van der Waals surface area contributed by atoms with E-state index in [9.17, 15) is 9.59 Å². The highest BCUT2D eigenvalue weighted by atomic mass is 16.6. The van der Waals surface area contributed by atoms with Crippen LogP contribution in [-0.2, 0) is 22.5 Å². The molecule has 1 aromatic rings. The Morgan fingerprint density at radius 2 is 2.10 bits per heavy atom. The van der Waals surface area contributed by atoms with Crippen molar-refractivity contribution >= 4 is 12.0 Å². The number of carbonyl (C=O) groups is 2. The van der Waals surface area contributed by atoms with Crippen LogP contribution in [0.4, 0.5) is 4.79 Å². The molecule has 21 heavy (non-hydrogen) atoms. The third-order valence-corrected chi connectivity index (χ3v) is 4.22. The first-order chi connectivity index (χ1) is 10.1. The Morgan fingerprint density at radius 1 is 1.33 bits per heavy atom. The van der Waals surface area contributed by atoms with Crippen molar-refractivity contribution in [3.8, 4) is 0 Å². The predicted molar refractivity (Wildman–Crippen MR) is 77.7 cm³/mol. The monoisotopic (exact) mass is 288 g/mol. The topological polar surface area (TPSA) is 49.9 Å². The van der Waals surface area contributed by atoms with Gasteiger partial charge in [-0.25, -0.2) is 4.79 Å². The zero-order valence-electron chi connectivity index (χ0n) is 12.2. The molecule has 2 amide bonds. The molecule has 1 fully saturated rings. The van der Waals surface area contributed by atoms with Gasteiger partial charge in [0.05, 0.1) is 6.54 Å². The lowest BCUT2D eigenvalue weighted by Crippen LogP contribution is -2.36. The third-order valence-electron chi connectivity index (χ3n) is 4.22. The van der Waals surface area contributed by atoms with E-state index in [1.807, 2.05) is 17.0 Å². The quantitative estimate of drug-likeness (QED) is 0.852. The van der Waals surface area contributed by atoms with E-state index in [0.29, 0.717) is 25.9 Å². The number of carbonyl (C=O) groups excluding carboxylic acids is 2. The van der Waals surface area contributed by atoms with Crippen molar-refractivity contribution in [2.75, 3.05) is 20.1 Å². The molecule has 0 bridgehead atoms. The Bertz CT molecular complexity index is 558. The van der Waals surface area contributed by atoms with Gasteiger partial charge >= 0.3 is 6.09 Å². The molecule has 3 rings (SSSR count). The maximum Gasteiger partial charge on any atom is 0.409 e. The zero-order valence-corrected chi connectivity index (χ0v) is 12.2. The van der Waals surface area contributed by atoms with Crippen LogP contribution >= 0.6 is 0 Å². The van der Waals surface area contributed by atoms with Crippen LogP contribution in [0.3, 0.4) is 0 Å². The summed E-state index contributed by atoms with van der Waals surface area (Å²) in [5.41, 5.74) is 2.58. The Labute approximate surface area is 124 Å². The number of hydrogen-bond acceptors (Lipinski definition) is 3. The Morgan fingerprint density at radius 3 is 2.81 bits per heavy atom. The number of cyclic esters (lactones) is 1. The summed E-state index contributed by atoms with van der Waals surface area (Å²) in [5.74, 6) is 0.148. The largest absolute Gasteiger partial charge is 0.444 e. The Balaban J connectivity index is 1.52. The van der Waals surface area contributed by atoms with Gasteiger partial charge in [0.2, 0.25) is 5.91 Å². The zero-order chi connectivity index (χ0) is 14.8. The van der Waals surface area contributed by atoms with Crippen LogP contribution in [0.2, 0.25) is 0 Å². The van der Waals surface area contributed by atoms with E-state index >= 15 is 0 Å². The first-order valence-electron chi connectivity index (χ1n) is 7.40. The molecule has 0 spiro atoms. The summed E-state index contributed by atoms with van der Waals surface area (Å²) in [6.45, 7) is 2.05. The van der Waals surface area contributed by atoms with Crippen molar-refractivity contribution in [2.24, 2.45) is 0 Å². The third kappa shape index (κ3) is 3.01. The summed E-state index contributed by atoms with van der Waals surface area (Å²) in [6, 6.07) is 8.27. The normalized spacial score (nSPS) is 21.2. The average molecular weight is 288 g/mol. The standard InChI is InChI=1S/C16H20N2O3/c1-17-11-14(21-16(17)20)6-7-15(19)18-9-8-12-4-2-3-5-13(12)10-18/h2-5,14H,6-11H2,1H3. The van der Waals surface area contributed by atoms with E-state index in [2.05, 4.69) is 12.1 Å². The highest BCUT2D eigenvalue weighted by molar-refractivity contribution is 5.76. The number of ether oxygens (including phenoxy) is 1. The van der Waals surface area contributed by atoms with E-state index in [4.69, 9.17) is 4.74 Å². The van der Waals surface area contributed by atoms with Crippen molar-refractivity contribution in [2.45, 2.75) is 31.9 Å². The molecule has 1 aromatic carbocycles. The van der Waals surface area contributed by atoms with Crippen molar-refractivity contribution in [1.82, 2.24) is 9.80 Å². The average Bonchev–Trinajstić information content (AvgIpc) is 2.83. The van der Waals surface area contributed by atoms with E-state index < -0.39 is 0 Å². The Kier molecular flexibility index (Phi) is 3.82. The molecule has 1 atom stereocenters. The summed E-state index contributed by atoms with van der Waals surface area (Å²) < 4.78 is 5.18. The van der Waals surface area contributed by atoms with Crippen molar-refractivity contribution in [1.29, 1.82) is 0 Å². The fraction of sp³-hybridized carbons (Fsp3) is 0.500. The number of nitrogens with zero attached hydrogens (tertiary/aromatic N) is 2. The van der Waals surface area contributed by atoms with Gasteiger partial charge in [0.1, 0.15) is 6.10 Å². The highest BCUT2D eigenvalue weighted by Crippen LogP contribution is 2.20. The van der Waals surface area contributed by atoms with Gasteiger partial charge in [-0.3, -0.25) is 4.79 Å². The minimum absolute atomic E-state index is 0.148. The smallest absolute Gasteiger partial charge is 0.409 e. The van der Waals surface area contributed by atoms with Gasteiger partial charge in [0.25, 0.3) is 0 Å². The van der Waals surface area contributed by atoms with E-state index in [0.717, 1.165) is 13.0 Å². The molecule has 1 saturated heterocycles. The van der Waals surface area contributed by atoms with Crippen LogP contribution in [0.5, 0.6) is 0 Å². The lowest BCUT2D eigenvalue weighted by atomic mass is 9.99. The second kappa shape index (κ2) is 5.76. The second-order valence-corrected chi connectivity index (χ2v) is 5.76. The lowest BCUT2D eigenvalue weighted by Gasteiger charge is -2.29. The molecule has 0 aliphatic carbocycles. The first-order valence-corrected chi connectivity index (χ1v) is 7.40. The predicted octanol–water partition coefficient (Wildman–Crippen LogP) is 1.80. The molecule has 5 nitrogen and oxygen atoms in total. The van der Waals surface area contributed by atoms with Crippen LogP contribution < -0.4 is 0 Å². The van der Waals surface area contributed by atoms with E-state index in [1.165, 1.54) is 11.1 Å². The molecule has 5 heteroatoms. The molecule has 0 N–H and O–H groups in total. The maximum absolute atomic E-state index is 12.3. The van der Waals surface area contributed by atoms with Crippen LogP contribution in [0.15, 0.2) is 24.3 Å². The van der Waals surface area contributed by atoms with Gasteiger partial charge < -0.3 is 14.5 Å². The number of benzene rings is 1. The molecule has 0 saturated carbocycles. The summed E-state index contributed by atoms with van der Waals surface area (Å²) >= 11 is 0. The maximum atomic E-state index is 12.3. The SMILES string of the molecule is CN1CC(CCC(=O)N2CCc3ccccc3C2)OC1=O. The molecule has 2 aliphatic rings. The molecular weight excluding hydrogens is 268 g/mol. The van der Waals surface area contributed by atoms with Crippen LogP contribution in [0.1, 0.15) is 24.0 Å². The van der Waals surface area contributed by atoms with Gasteiger partial charge in [-0.2, -0.15) is 0 Å². The molecule has 112 valence electrons.